The molecule has 1 aliphatic heterocycles. The third-order valence-electron chi connectivity index (χ3n) is 1.66. The van der Waals surface area contributed by atoms with Crippen LogP contribution in [0.25, 0.3) is 0 Å². The van der Waals surface area contributed by atoms with E-state index in [0.717, 1.165) is 12.8 Å². The van der Waals surface area contributed by atoms with Crippen molar-refractivity contribution in [2.75, 3.05) is 13.2 Å². The van der Waals surface area contributed by atoms with Crippen LogP contribution in [0.5, 0.6) is 0 Å². The highest BCUT2D eigenvalue weighted by Gasteiger charge is 2.18. The molecule has 1 atom stereocenters. The van der Waals surface area contributed by atoms with E-state index in [-0.39, 0.29) is 12.3 Å². The molecule has 0 bridgehead atoms. The first-order valence-electron chi connectivity index (χ1n) is 3.92. The molecule has 3 nitrogen and oxygen atoms in total. The van der Waals surface area contributed by atoms with Gasteiger partial charge in [-0.1, -0.05) is 6.08 Å². The van der Waals surface area contributed by atoms with Crippen LogP contribution < -0.4 is 5.73 Å². The van der Waals surface area contributed by atoms with E-state index in [1.54, 1.807) is 0 Å². The predicted molar refractivity (Wildman–Crippen MR) is 43.1 cm³/mol. The van der Waals surface area contributed by atoms with Crippen molar-refractivity contribution in [3.63, 3.8) is 0 Å². The summed E-state index contributed by atoms with van der Waals surface area (Å²) in [5.41, 5.74) is 5.73. The van der Waals surface area contributed by atoms with Gasteiger partial charge in [0.15, 0.2) is 6.29 Å². The van der Waals surface area contributed by atoms with Crippen LogP contribution in [0.1, 0.15) is 12.8 Å². The average Bonchev–Trinajstić information content (AvgIpc) is 2.40. The number of ether oxygens (including phenoxy) is 2. The topological polar surface area (TPSA) is 44.5 Å². The molecule has 0 aromatic carbocycles. The van der Waals surface area contributed by atoms with Gasteiger partial charge in [0.1, 0.15) is 0 Å². The fraction of sp³-hybridized carbons (Fsp3) is 0.750. The van der Waals surface area contributed by atoms with Crippen LogP contribution in [0.3, 0.4) is 0 Å². The quantitative estimate of drug-likeness (QED) is 0.609. The van der Waals surface area contributed by atoms with Crippen molar-refractivity contribution in [2.45, 2.75) is 25.2 Å². The second-order valence-electron chi connectivity index (χ2n) is 2.69. The Morgan fingerprint density at radius 2 is 2.18 bits per heavy atom. The molecule has 1 aliphatic rings. The van der Waals surface area contributed by atoms with E-state index < -0.39 is 0 Å². The number of nitrogens with two attached hydrogens (primary N) is 1. The summed E-state index contributed by atoms with van der Waals surface area (Å²) < 4.78 is 10.5. The summed E-state index contributed by atoms with van der Waals surface area (Å²) in [5.74, 6) is 0. The van der Waals surface area contributed by atoms with Crippen LogP contribution in [0.2, 0.25) is 0 Å². The zero-order valence-corrected chi connectivity index (χ0v) is 6.66. The highest BCUT2D eigenvalue weighted by atomic mass is 16.7. The van der Waals surface area contributed by atoms with Crippen LogP contribution in [0.4, 0.5) is 0 Å². The van der Waals surface area contributed by atoms with Gasteiger partial charge >= 0.3 is 0 Å². The van der Waals surface area contributed by atoms with Gasteiger partial charge in [0.2, 0.25) is 0 Å². The van der Waals surface area contributed by atoms with Crippen molar-refractivity contribution >= 4 is 0 Å². The summed E-state index contributed by atoms with van der Waals surface area (Å²) in [7, 11) is 0. The molecule has 11 heavy (non-hydrogen) atoms. The van der Waals surface area contributed by atoms with E-state index >= 15 is 0 Å². The van der Waals surface area contributed by atoms with Gasteiger partial charge in [-0.05, 0) is 6.42 Å². The standard InChI is InChI=1S/C8H15NO2/c1-2-3-7(9)6-8-10-4-5-11-8/h2,7-8H,1,3-6,9H2. The zero-order chi connectivity index (χ0) is 8.10. The summed E-state index contributed by atoms with van der Waals surface area (Å²) in [6, 6.07) is 0.121. The average molecular weight is 157 g/mol. The minimum atomic E-state index is -0.0788. The van der Waals surface area contributed by atoms with Gasteiger partial charge < -0.3 is 15.2 Å². The van der Waals surface area contributed by atoms with E-state index in [2.05, 4.69) is 6.58 Å². The highest BCUT2D eigenvalue weighted by Crippen LogP contribution is 2.10. The van der Waals surface area contributed by atoms with Crippen molar-refractivity contribution < 1.29 is 9.47 Å². The van der Waals surface area contributed by atoms with Gasteiger partial charge in [0, 0.05) is 12.5 Å². The molecule has 0 amide bonds. The SMILES string of the molecule is C=CCC(N)CC1OCCO1. The summed E-state index contributed by atoms with van der Waals surface area (Å²) >= 11 is 0. The van der Waals surface area contributed by atoms with Crippen LogP contribution in [-0.4, -0.2) is 25.5 Å². The lowest BCUT2D eigenvalue weighted by molar-refractivity contribution is -0.0503. The summed E-state index contributed by atoms with van der Waals surface area (Å²) in [6.45, 7) is 5.01. The van der Waals surface area contributed by atoms with Crippen LogP contribution in [0.15, 0.2) is 12.7 Å². The molecule has 3 heteroatoms. The number of hydrogen-bond acceptors (Lipinski definition) is 3. The smallest absolute Gasteiger partial charge is 0.159 e. The first-order valence-corrected chi connectivity index (χ1v) is 3.92. The van der Waals surface area contributed by atoms with E-state index in [1.807, 2.05) is 6.08 Å². The Labute approximate surface area is 67.2 Å². The van der Waals surface area contributed by atoms with Crippen molar-refractivity contribution in [1.82, 2.24) is 0 Å². The number of rotatable bonds is 4. The third-order valence-corrected chi connectivity index (χ3v) is 1.66. The van der Waals surface area contributed by atoms with Gasteiger partial charge in [0.25, 0.3) is 0 Å². The molecular formula is C8H15NO2. The molecule has 1 heterocycles. The normalized spacial score (nSPS) is 21.9. The lowest BCUT2D eigenvalue weighted by atomic mass is 10.1. The summed E-state index contributed by atoms with van der Waals surface area (Å²) in [6.07, 6.45) is 3.33. The molecule has 1 rings (SSSR count). The Hall–Kier alpha value is -0.380. The molecule has 0 aromatic rings. The van der Waals surface area contributed by atoms with Crippen LogP contribution >= 0.6 is 0 Å². The Morgan fingerprint density at radius 1 is 1.55 bits per heavy atom. The molecule has 0 aliphatic carbocycles. The first-order chi connectivity index (χ1) is 5.33. The maximum absolute atomic E-state index is 5.73. The van der Waals surface area contributed by atoms with E-state index in [0.29, 0.717) is 13.2 Å². The number of hydrogen-bond donors (Lipinski definition) is 1. The van der Waals surface area contributed by atoms with E-state index in [1.165, 1.54) is 0 Å². The molecule has 0 aromatic heterocycles. The molecular weight excluding hydrogens is 142 g/mol. The van der Waals surface area contributed by atoms with Gasteiger partial charge in [-0.15, -0.1) is 6.58 Å². The second kappa shape index (κ2) is 4.49. The first kappa shape index (κ1) is 8.71. The molecule has 64 valence electrons. The molecule has 1 saturated heterocycles. The van der Waals surface area contributed by atoms with Crippen LogP contribution in [0, 0.1) is 0 Å². The summed E-state index contributed by atoms with van der Waals surface area (Å²) in [4.78, 5) is 0. The maximum Gasteiger partial charge on any atom is 0.159 e. The fourth-order valence-corrected chi connectivity index (χ4v) is 1.10. The van der Waals surface area contributed by atoms with Crippen LogP contribution in [-0.2, 0) is 9.47 Å². The minimum Gasteiger partial charge on any atom is -0.350 e. The monoisotopic (exact) mass is 157 g/mol. The van der Waals surface area contributed by atoms with Gasteiger partial charge in [-0.3, -0.25) is 0 Å². The summed E-state index contributed by atoms with van der Waals surface area (Å²) in [5, 5.41) is 0. The van der Waals surface area contributed by atoms with E-state index in [9.17, 15) is 0 Å². The fourth-order valence-electron chi connectivity index (χ4n) is 1.10. The molecule has 1 fully saturated rings. The molecule has 0 saturated carbocycles. The van der Waals surface area contributed by atoms with E-state index in [4.69, 9.17) is 15.2 Å². The Morgan fingerprint density at radius 3 is 2.73 bits per heavy atom. The zero-order valence-electron chi connectivity index (χ0n) is 6.66. The predicted octanol–water partition coefficient (Wildman–Crippen LogP) is 0.653. The molecule has 0 spiro atoms. The lowest BCUT2D eigenvalue weighted by Gasteiger charge is -2.13. The van der Waals surface area contributed by atoms with Crippen molar-refractivity contribution in [3.8, 4) is 0 Å². The largest absolute Gasteiger partial charge is 0.350 e. The Kier molecular flexibility index (Phi) is 3.56. The van der Waals surface area contributed by atoms with Crippen molar-refractivity contribution in [1.29, 1.82) is 0 Å². The minimum absolute atomic E-state index is 0.0788. The van der Waals surface area contributed by atoms with Crippen molar-refractivity contribution in [2.24, 2.45) is 5.73 Å². The third kappa shape index (κ3) is 3.01. The maximum atomic E-state index is 5.73. The Bertz CT molecular complexity index is 121. The lowest BCUT2D eigenvalue weighted by Crippen LogP contribution is -2.25. The second-order valence-corrected chi connectivity index (χ2v) is 2.69. The molecule has 0 radical (unpaired) electrons. The van der Waals surface area contributed by atoms with Gasteiger partial charge in [0.05, 0.1) is 13.2 Å². The highest BCUT2D eigenvalue weighted by molar-refractivity contribution is 4.76. The molecule has 1 unspecified atom stereocenters. The van der Waals surface area contributed by atoms with Gasteiger partial charge in [-0.25, -0.2) is 0 Å². The Balaban J connectivity index is 2.12. The van der Waals surface area contributed by atoms with Gasteiger partial charge in [-0.2, -0.15) is 0 Å². The molecule has 2 N–H and O–H groups in total. The van der Waals surface area contributed by atoms with Crippen molar-refractivity contribution in [3.05, 3.63) is 12.7 Å².